The fourth-order valence-electron chi connectivity index (χ4n) is 1.42. The normalized spacial score (nSPS) is 12.1. The highest BCUT2D eigenvalue weighted by molar-refractivity contribution is 5.24. The van der Waals surface area contributed by atoms with Crippen molar-refractivity contribution in [3.05, 3.63) is 48.0 Å². The number of anilines is 1. The third kappa shape index (κ3) is 2.90. The van der Waals surface area contributed by atoms with E-state index in [1.807, 2.05) is 6.92 Å². The molecule has 0 fully saturated rings. The molecule has 1 atom stereocenters. The van der Waals surface area contributed by atoms with Crippen LogP contribution in [0.15, 0.2) is 36.5 Å². The molecule has 0 aliphatic carbocycles. The molecule has 4 nitrogen and oxygen atoms in total. The summed E-state index contributed by atoms with van der Waals surface area (Å²) >= 11 is 0. The third-order valence-corrected chi connectivity index (χ3v) is 2.22. The van der Waals surface area contributed by atoms with Crippen LogP contribution in [0.3, 0.4) is 0 Å². The second kappa shape index (κ2) is 4.78. The number of rotatable bonds is 3. The lowest BCUT2D eigenvalue weighted by Crippen LogP contribution is -2.07. The van der Waals surface area contributed by atoms with Crippen molar-refractivity contribution in [2.75, 3.05) is 5.73 Å². The number of hydrogen-bond acceptors (Lipinski definition) is 4. The van der Waals surface area contributed by atoms with Crippen LogP contribution in [0, 0.1) is 5.82 Å². The van der Waals surface area contributed by atoms with Crippen LogP contribution in [0.2, 0.25) is 0 Å². The van der Waals surface area contributed by atoms with Crippen LogP contribution in [-0.2, 0) is 0 Å². The van der Waals surface area contributed by atoms with Gasteiger partial charge in [-0.15, -0.1) is 0 Å². The molecule has 1 aromatic carbocycles. The third-order valence-electron chi connectivity index (χ3n) is 2.22. The molecule has 1 heterocycles. The highest BCUT2D eigenvalue weighted by atomic mass is 19.1. The first kappa shape index (κ1) is 11.3. The number of halogens is 1. The second-order valence-corrected chi connectivity index (χ2v) is 3.56. The summed E-state index contributed by atoms with van der Waals surface area (Å²) in [5.74, 6) is 0.309. The maximum absolute atomic E-state index is 13.0. The van der Waals surface area contributed by atoms with E-state index in [1.165, 1.54) is 12.1 Å². The van der Waals surface area contributed by atoms with E-state index in [-0.39, 0.29) is 17.9 Å². The van der Waals surface area contributed by atoms with Gasteiger partial charge in [-0.2, -0.15) is 0 Å². The fraction of sp³-hybridized carbons (Fsp3) is 0.167. The lowest BCUT2D eigenvalue weighted by atomic mass is 10.2. The van der Waals surface area contributed by atoms with Crippen molar-refractivity contribution in [3.8, 4) is 5.75 Å². The van der Waals surface area contributed by atoms with E-state index in [0.717, 1.165) is 0 Å². The Morgan fingerprint density at radius 3 is 2.88 bits per heavy atom. The van der Waals surface area contributed by atoms with E-state index < -0.39 is 0 Å². The van der Waals surface area contributed by atoms with Crippen molar-refractivity contribution in [2.24, 2.45) is 0 Å². The monoisotopic (exact) mass is 233 g/mol. The molecule has 0 spiro atoms. The van der Waals surface area contributed by atoms with Crippen molar-refractivity contribution < 1.29 is 9.13 Å². The summed E-state index contributed by atoms with van der Waals surface area (Å²) in [6.07, 6.45) is 1.24. The Morgan fingerprint density at radius 1 is 1.35 bits per heavy atom. The van der Waals surface area contributed by atoms with E-state index in [2.05, 4.69) is 9.97 Å². The van der Waals surface area contributed by atoms with Gasteiger partial charge in [-0.3, -0.25) is 0 Å². The number of nitrogen functional groups attached to an aromatic ring is 1. The maximum Gasteiger partial charge on any atom is 0.220 e. The molecule has 17 heavy (non-hydrogen) atoms. The van der Waals surface area contributed by atoms with Gasteiger partial charge in [-0.05, 0) is 25.1 Å². The Bertz CT molecular complexity index is 519. The van der Waals surface area contributed by atoms with E-state index in [4.69, 9.17) is 10.5 Å². The zero-order chi connectivity index (χ0) is 12.3. The minimum Gasteiger partial charge on any atom is -0.484 e. The summed E-state index contributed by atoms with van der Waals surface area (Å²) in [5, 5.41) is 0. The van der Waals surface area contributed by atoms with E-state index in [9.17, 15) is 4.39 Å². The number of aromatic nitrogens is 2. The molecule has 0 saturated carbocycles. The molecule has 0 bridgehead atoms. The van der Waals surface area contributed by atoms with Gasteiger partial charge in [0, 0.05) is 12.3 Å². The highest BCUT2D eigenvalue weighted by Crippen LogP contribution is 2.20. The van der Waals surface area contributed by atoms with Crippen LogP contribution in [0.1, 0.15) is 18.7 Å². The number of benzene rings is 1. The van der Waals surface area contributed by atoms with Gasteiger partial charge in [0.2, 0.25) is 5.95 Å². The SMILES string of the molecule is C[C@H](Oc1cccc(F)c1)c1ccnc(N)n1. The number of nitrogens with zero attached hydrogens (tertiary/aromatic N) is 2. The summed E-state index contributed by atoms with van der Waals surface area (Å²) < 4.78 is 18.5. The molecule has 0 aliphatic heterocycles. The summed E-state index contributed by atoms with van der Waals surface area (Å²) in [4.78, 5) is 7.83. The number of ether oxygens (including phenoxy) is 1. The molecule has 1 aromatic heterocycles. The maximum atomic E-state index is 13.0. The first-order valence-electron chi connectivity index (χ1n) is 5.16. The van der Waals surface area contributed by atoms with Gasteiger partial charge >= 0.3 is 0 Å². The summed E-state index contributed by atoms with van der Waals surface area (Å²) in [5.41, 5.74) is 6.13. The van der Waals surface area contributed by atoms with E-state index in [0.29, 0.717) is 11.4 Å². The second-order valence-electron chi connectivity index (χ2n) is 3.56. The molecule has 5 heteroatoms. The molecule has 0 radical (unpaired) electrons. The minimum absolute atomic E-state index is 0.192. The summed E-state index contributed by atoms with van der Waals surface area (Å²) in [6, 6.07) is 7.66. The molecule has 2 N–H and O–H groups in total. The van der Waals surface area contributed by atoms with Crippen LogP contribution < -0.4 is 10.5 Å². The number of nitrogens with two attached hydrogens (primary N) is 1. The highest BCUT2D eigenvalue weighted by Gasteiger charge is 2.09. The van der Waals surface area contributed by atoms with E-state index >= 15 is 0 Å². The van der Waals surface area contributed by atoms with Crippen LogP contribution in [0.25, 0.3) is 0 Å². The Balaban J connectivity index is 2.14. The van der Waals surface area contributed by atoms with Gasteiger partial charge in [0.25, 0.3) is 0 Å². The molecule has 2 aromatic rings. The van der Waals surface area contributed by atoms with Gasteiger partial charge in [-0.1, -0.05) is 6.07 Å². The minimum atomic E-state index is -0.336. The molecular formula is C12H12FN3O. The van der Waals surface area contributed by atoms with Crippen LogP contribution in [-0.4, -0.2) is 9.97 Å². The standard InChI is InChI=1S/C12H12FN3O/c1-8(11-5-6-15-12(14)16-11)17-10-4-2-3-9(13)7-10/h2-8H,1H3,(H2,14,15,16)/t8-/m0/s1. The fourth-order valence-corrected chi connectivity index (χ4v) is 1.42. The first-order valence-corrected chi connectivity index (χ1v) is 5.16. The van der Waals surface area contributed by atoms with Gasteiger partial charge < -0.3 is 10.5 Å². The molecule has 2 rings (SSSR count). The van der Waals surface area contributed by atoms with Crippen molar-refractivity contribution >= 4 is 5.95 Å². The summed E-state index contributed by atoms with van der Waals surface area (Å²) in [6.45, 7) is 1.81. The number of hydrogen-bond donors (Lipinski definition) is 1. The molecule has 0 unspecified atom stereocenters. The Morgan fingerprint density at radius 2 is 2.18 bits per heavy atom. The smallest absolute Gasteiger partial charge is 0.220 e. The average Bonchev–Trinajstić information content (AvgIpc) is 2.29. The van der Waals surface area contributed by atoms with Crippen molar-refractivity contribution in [1.29, 1.82) is 0 Å². The molecular weight excluding hydrogens is 221 g/mol. The van der Waals surface area contributed by atoms with Crippen LogP contribution >= 0.6 is 0 Å². The largest absolute Gasteiger partial charge is 0.484 e. The molecule has 0 amide bonds. The molecule has 0 saturated heterocycles. The Kier molecular flexibility index (Phi) is 3.18. The predicted molar refractivity (Wildman–Crippen MR) is 61.9 cm³/mol. The first-order chi connectivity index (χ1) is 8.15. The van der Waals surface area contributed by atoms with Crippen LogP contribution in [0.4, 0.5) is 10.3 Å². The predicted octanol–water partition coefficient (Wildman–Crippen LogP) is 2.34. The quantitative estimate of drug-likeness (QED) is 0.883. The molecule has 88 valence electrons. The van der Waals surface area contributed by atoms with Crippen molar-refractivity contribution in [3.63, 3.8) is 0 Å². The Labute approximate surface area is 98.3 Å². The lowest BCUT2D eigenvalue weighted by Gasteiger charge is -2.14. The van der Waals surface area contributed by atoms with E-state index in [1.54, 1.807) is 24.4 Å². The lowest BCUT2D eigenvalue weighted by molar-refractivity contribution is 0.221. The average molecular weight is 233 g/mol. The van der Waals surface area contributed by atoms with Gasteiger partial charge in [0.05, 0.1) is 5.69 Å². The topological polar surface area (TPSA) is 61.0 Å². The van der Waals surface area contributed by atoms with Crippen molar-refractivity contribution in [1.82, 2.24) is 9.97 Å². The van der Waals surface area contributed by atoms with Gasteiger partial charge in [-0.25, -0.2) is 14.4 Å². The zero-order valence-corrected chi connectivity index (χ0v) is 9.30. The molecule has 0 aliphatic rings. The Hall–Kier alpha value is -2.17. The summed E-state index contributed by atoms with van der Waals surface area (Å²) in [7, 11) is 0. The van der Waals surface area contributed by atoms with Gasteiger partial charge in [0.15, 0.2) is 0 Å². The van der Waals surface area contributed by atoms with Crippen molar-refractivity contribution in [2.45, 2.75) is 13.0 Å². The van der Waals surface area contributed by atoms with Gasteiger partial charge in [0.1, 0.15) is 17.7 Å². The zero-order valence-electron chi connectivity index (χ0n) is 9.30. The van der Waals surface area contributed by atoms with Crippen LogP contribution in [0.5, 0.6) is 5.75 Å².